The minimum atomic E-state index is -0.545. The van der Waals surface area contributed by atoms with Crippen LogP contribution in [0, 0.1) is 5.82 Å². The van der Waals surface area contributed by atoms with Crippen molar-refractivity contribution >= 4 is 34.4 Å². The van der Waals surface area contributed by atoms with Crippen LogP contribution in [0.2, 0.25) is 0 Å². The molecule has 2 aromatic rings. The minimum Gasteiger partial charge on any atom is -0.314 e. The van der Waals surface area contributed by atoms with E-state index in [1.54, 1.807) is 32.4 Å². The summed E-state index contributed by atoms with van der Waals surface area (Å²) < 4.78 is 13.0. The zero-order valence-corrected chi connectivity index (χ0v) is 16.6. The number of hydrogen-bond donors (Lipinski definition) is 2. The van der Waals surface area contributed by atoms with Gasteiger partial charge in [-0.2, -0.15) is 0 Å². The van der Waals surface area contributed by atoms with Crippen molar-refractivity contribution in [3.8, 4) is 0 Å². The van der Waals surface area contributed by atoms with Gasteiger partial charge in [-0.25, -0.2) is 19.0 Å². The molecule has 0 saturated carbocycles. The Balaban J connectivity index is 1.38. The average Bonchev–Trinajstić information content (AvgIpc) is 3.31. The van der Waals surface area contributed by atoms with Gasteiger partial charge in [0.2, 0.25) is 5.91 Å². The van der Waals surface area contributed by atoms with Gasteiger partial charge in [0, 0.05) is 31.6 Å². The Kier molecular flexibility index (Phi) is 4.82. The third-order valence-electron chi connectivity index (χ3n) is 4.96. The molecular formula is C18H19FN6O3S. The Morgan fingerprint density at radius 3 is 2.69 bits per heavy atom. The molecule has 2 atom stereocenters. The fourth-order valence-corrected chi connectivity index (χ4v) is 4.37. The lowest BCUT2D eigenvalue weighted by atomic mass is 10.1. The predicted octanol–water partition coefficient (Wildman–Crippen LogP) is 1.49. The van der Waals surface area contributed by atoms with Gasteiger partial charge >= 0.3 is 12.1 Å². The van der Waals surface area contributed by atoms with Crippen LogP contribution in [-0.2, 0) is 11.2 Å². The lowest BCUT2D eigenvalue weighted by Gasteiger charge is -2.25. The SMILES string of the molecule is CN1C(=O)N(C)[C@@H]2[C@H]1NC(=O)N2CC(=O)Nc1ncc(Cc2ccc(F)cc2)s1. The molecule has 152 valence electrons. The molecular weight excluding hydrogens is 399 g/mol. The highest BCUT2D eigenvalue weighted by Gasteiger charge is 2.52. The van der Waals surface area contributed by atoms with Crippen molar-refractivity contribution in [3.05, 3.63) is 46.7 Å². The monoisotopic (exact) mass is 418 g/mol. The first kappa shape index (κ1) is 19.1. The number of likely N-dealkylation sites (N-methyl/N-ethyl adjacent to an activating group) is 2. The molecule has 2 aliphatic heterocycles. The van der Waals surface area contributed by atoms with Gasteiger partial charge in [0.05, 0.1) is 0 Å². The topological polar surface area (TPSA) is 97.9 Å². The lowest BCUT2D eigenvalue weighted by molar-refractivity contribution is -0.117. The van der Waals surface area contributed by atoms with E-state index in [9.17, 15) is 18.8 Å². The highest BCUT2D eigenvalue weighted by atomic mass is 32.1. The van der Waals surface area contributed by atoms with Crippen molar-refractivity contribution in [2.45, 2.75) is 18.8 Å². The minimum absolute atomic E-state index is 0.203. The van der Waals surface area contributed by atoms with Crippen LogP contribution in [0.4, 0.5) is 19.1 Å². The molecule has 2 saturated heterocycles. The first-order chi connectivity index (χ1) is 13.8. The van der Waals surface area contributed by atoms with Crippen LogP contribution in [0.3, 0.4) is 0 Å². The number of nitrogens with one attached hydrogen (secondary N) is 2. The molecule has 5 amide bonds. The second kappa shape index (κ2) is 7.32. The molecule has 11 heteroatoms. The second-order valence-electron chi connectivity index (χ2n) is 6.92. The van der Waals surface area contributed by atoms with Gasteiger partial charge in [-0.3, -0.25) is 9.69 Å². The largest absolute Gasteiger partial charge is 0.323 e. The summed E-state index contributed by atoms with van der Waals surface area (Å²) in [6.07, 6.45) is 1.19. The van der Waals surface area contributed by atoms with E-state index < -0.39 is 24.3 Å². The maximum absolute atomic E-state index is 13.0. The molecule has 0 spiro atoms. The first-order valence-corrected chi connectivity index (χ1v) is 9.71. The molecule has 0 radical (unpaired) electrons. The number of urea groups is 2. The van der Waals surface area contributed by atoms with Crippen molar-refractivity contribution in [2.75, 3.05) is 26.0 Å². The number of benzene rings is 1. The molecule has 9 nitrogen and oxygen atoms in total. The van der Waals surface area contributed by atoms with Crippen molar-refractivity contribution in [2.24, 2.45) is 0 Å². The molecule has 0 bridgehead atoms. The number of hydrogen-bond acceptors (Lipinski definition) is 5. The Morgan fingerprint density at radius 1 is 1.24 bits per heavy atom. The maximum Gasteiger partial charge on any atom is 0.323 e. The molecule has 1 aromatic heterocycles. The number of fused-ring (bicyclic) bond motifs is 1. The molecule has 4 rings (SSSR count). The average molecular weight is 418 g/mol. The Labute approximate surface area is 170 Å². The van der Waals surface area contributed by atoms with Gasteiger partial charge in [-0.15, -0.1) is 11.3 Å². The maximum atomic E-state index is 13.0. The third-order valence-corrected chi connectivity index (χ3v) is 5.87. The summed E-state index contributed by atoms with van der Waals surface area (Å²) in [5, 5.41) is 5.82. The first-order valence-electron chi connectivity index (χ1n) is 8.89. The molecule has 2 N–H and O–H groups in total. The summed E-state index contributed by atoms with van der Waals surface area (Å²) in [5.74, 6) is -0.695. The third kappa shape index (κ3) is 3.60. The van der Waals surface area contributed by atoms with Crippen LogP contribution in [0.5, 0.6) is 0 Å². The fraction of sp³-hybridized carbons (Fsp3) is 0.333. The van der Waals surface area contributed by atoms with E-state index in [1.807, 2.05) is 0 Å². The molecule has 3 heterocycles. The van der Waals surface area contributed by atoms with E-state index in [1.165, 1.54) is 38.2 Å². The van der Waals surface area contributed by atoms with Crippen molar-refractivity contribution in [1.82, 2.24) is 25.0 Å². The summed E-state index contributed by atoms with van der Waals surface area (Å²) in [7, 11) is 3.20. The van der Waals surface area contributed by atoms with Crippen molar-refractivity contribution < 1.29 is 18.8 Å². The highest BCUT2D eigenvalue weighted by Crippen LogP contribution is 2.27. The van der Waals surface area contributed by atoms with E-state index in [0.29, 0.717) is 11.6 Å². The molecule has 2 fully saturated rings. The molecule has 0 unspecified atom stereocenters. The van der Waals surface area contributed by atoms with Crippen LogP contribution in [0.25, 0.3) is 0 Å². The summed E-state index contributed by atoms with van der Waals surface area (Å²) in [5.41, 5.74) is 0.936. The number of aromatic nitrogens is 1. The zero-order valence-electron chi connectivity index (χ0n) is 15.8. The normalized spacial score (nSPS) is 20.9. The van der Waals surface area contributed by atoms with E-state index in [0.717, 1.165) is 10.4 Å². The van der Waals surface area contributed by atoms with E-state index in [-0.39, 0.29) is 18.4 Å². The number of rotatable bonds is 5. The second-order valence-corrected chi connectivity index (χ2v) is 8.04. The number of anilines is 1. The Hall–Kier alpha value is -3.21. The number of amides is 5. The molecule has 0 aliphatic carbocycles. The van der Waals surface area contributed by atoms with Gasteiger partial charge < -0.3 is 20.4 Å². The highest BCUT2D eigenvalue weighted by molar-refractivity contribution is 7.15. The van der Waals surface area contributed by atoms with Gasteiger partial charge in [0.25, 0.3) is 0 Å². The molecule has 29 heavy (non-hydrogen) atoms. The van der Waals surface area contributed by atoms with Crippen LogP contribution >= 0.6 is 11.3 Å². The Morgan fingerprint density at radius 2 is 1.97 bits per heavy atom. The lowest BCUT2D eigenvalue weighted by Crippen LogP contribution is -2.47. The zero-order chi connectivity index (χ0) is 20.7. The van der Waals surface area contributed by atoms with E-state index in [4.69, 9.17) is 0 Å². The molecule has 1 aromatic carbocycles. The summed E-state index contributed by atoms with van der Waals surface area (Å²) >= 11 is 1.31. The van der Waals surface area contributed by atoms with Crippen LogP contribution < -0.4 is 10.6 Å². The number of carbonyl (C=O) groups is 3. The smallest absolute Gasteiger partial charge is 0.314 e. The predicted molar refractivity (Wildman–Crippen MR) is 104 cm³/mol. The number of thiazole rings is 1. The summed E-state index contributed by atoms with van der Waals surface area (Å²) in [4.78, 5) is 46.0. The van der Waals surface area contributed by atoms with E-state index >= 15 is 0 Å². The summed E-state index contributed by atoms with van der Waals surface area (Å²) in [6, 6.07) is 5.57. The quantitative estimate of drug-likeness (QED) is 0.769. The standard InChI is InChI=1S/C18H19FN6O3S/c1-23-14-15(24(2)18(23)28)25(17(27)22-14)9-13(26)21-16-20-8-12(29-16)7-10-3-5-11(19)6-4-10/h3-6,8,14-15H,7,9H2,1-2H3,(H,22,27)(H,20,21,26)/t14-,15-/m0/s1. The van der Waals surface area contributed by atoms with Crippen LogP contribution in [0.15, 0.2) is 30.5 Å². The van der Waals surface area contributed by atoms with Crippen molar-refractivity contribution in [1.29, 1.82) is 0 Å². The summed E-state index contributed by atoms with van der Waals surface area (Å²) in [6.45, 7) is -0.203. The van der Waals surface area contributed by atoms with Crippen molar-refractivity contribution in [3.63, 3.8) is 0 Å². The van der Waals surface area contributed by atoms with Crippen LogP contribution in [0.1, 0.15) is 10.4 Å². The molecule has 2 aliphatic rings. The number of halogens is 1. The van der Waals surface area contributed by atoms with Crippen LogP contribution in [-0.4, -0.2) is 70.6 Å². The van der Waals surface area contributed by atoms with Gasteiger partial charge in [0.15, 0.2) is 5.13 Å². The van der Waals surface area contributed by atoms with Gasteiger partial charge in [0.1, 0.15) is 24.7 Å². The number of carbonyl (C=O) groups excluding carboxylic acids is 3. The van der Waals surface area contributed by atoms with Gasteiger partial charge in [-0.05, 0) is 17.7 Å². The number of nitrogens with zero attached hydrogens (tertiary/aromatic N) is 4. The van der Waals surface area contributed by atoms with Gasteiger partial charge in [-0.1, -0.05) is 12.1 Å². The van der Waals surface area contributed by atoms with E-state index in [2.05, 4.69) is 15.6 Å². The fourth-order valence-electron chi connectivity index (χ4n) is 3.50. The Bertz CT molecular complexity index is 965.